The van der Waals surface area contributed by atoms with Crippen LogP contribution < -0.4 is 15.0 Å². The Morgan fingerprint density at radius 3 is 2.64 bits per heavy atom. The van der Waals surface area contributed by atoms with E-state index in [1.807, 2.05) is 18.0 Å². The number of fused-ring (bicyclic) bond motifs is 2. The zero-order chi connectivity index (χ0) is 19.7. The summed E-state index contributed by atoms with van der Waals surface area (Å²) in [5.41, 5.74) is 2.73. The van der Waals surface area contributed by atoms with E-state index in [1.165, 1.54) is 0 Å². The second kappa shape index (κ2) is 7.54. The Balaban J connectivity index is 1.59. The fourth-order valence-corrected chi connectivity index (χ4v) is 4.07. The first-order chi connectivity index (χ1) is 13.6. The summed E-state index contributed by atoms with van der Waals surface area (Å²) in [6.45, 7) is 0.799. The lowest BCUT2D eigenvalue weighted by Gasteiger charge is -2.43. The number of nitrogens with zero attached hydrogens (tertiary/aromatic N) is 2. The van der Waals surface area contributed by atoms with Crippen molar-refractivity contribution in [3.63, 3.8) is 0 Å². The number of carbonyl (C=O) groups is 2. The van der Waals surface area contributed by atoms with Crippen molar-refractivity contribution in [3.05, 3.63) is 53.6 Å². The number of nitrogens with one attached hydrogen (secondary N) is 1. The van der Waals surface area contributed by atoms with E-state index in [1.54, 1.807) is 43.5 Å². The summed E-state index contributed by atoms with van der Waals surface area (Å²) in [5, 5.41) is 2.90. The van der Waals surface area contributed by atoms with Gasteiger partial charge in [-0.2, -0.15) is 0 Å². The zero-order valence-corrected chi connectivity index (χ0v) is 16.3. The van der Waals surface area contributed by atoms with Gasteiger partial charge in [-0.15, -0.1) is 0 Å². The molecular weight excluding hydrogens is 354 g/mol. The lowest BCUT2D eigenvalue weighted by molar-refractivity contribution is 0.0661. The zero-order valence-electron chi connectivity index (χ0n) is 16.3. The average molecular weight is 379 g/mol. The highest BCUT2D eigenvalue weighted by atomic mass is 16.5. The maximum absolute atomic E-state index is 13.0. The molecule has 2 aliphatic rings. The van der Waals surface area contributed by atoms with E-state index in [4.69, 9.17) is 4.74 Å². The molecule has 4 rings (SSSR count). The van der Waals surface area contributed by atoms with Gasteiger partial charge in [0.2, 0.25) is 0 Å². The molecule has 0 aliphatic carbocycles. The predicted octanol–water partition coefficient (Wildman–Crippen LogP) is 3.74. The van der Waals surface area contributed by atoms with Gasteiger partial charge in [-0.3, -0.25) is 9.59 Å². The predicted molar refractivity (Wildman–Crippen MR) is 109 cm³/mol. The summed E-state index contributed by atoms with van der Waals surface area (Å²) in [7, 11) is 3.62. The van der Waals surface area contributed by atoms with Crippen LogP contribution in [0, 0.1) is 0 Å². The number of ether oxygens (including phenoxy) is 1. The van der Waals surface area contributed by atoms with Gasteiger partial charge in [0.15, 0.2) is 0 Å². The van der Waals surface area contributed by atoms with Crippen molar-refractivity contribution in [2.45, 2.75) is 31.8 Å². The van der Waals surface area contributed by atoms with Crippen LogP contribution in [0.5, 0.6) is 5.75 Å². The summed E-state index contributed by atoms with van der Waals surface area (Å²) < 4.78 is 5.14. The SMILES string of the molecule is COc1ccc(NC(=O)c2ccc3c(c2)N(C)[C@H]2CCCCCN2C3=O)cc1. The molecule has 1 fully saturated rings. The van der Waals surface area contributed by atoms with Crippen LogP contribution >= 0.6 is 0 Å². The molecule has 0 unspecified atom stereocenters. The molecule has 0 aromatic heterocycles. The van der Waals surface area contributed by atoms with Crippen LogP contribution in [0.25, 0.3) is 0 Å². The van der Waals surface area contributed by atoms with E-state index in [0.29, 0.717) is 16.8 Å². The normalized spacial score (nSPS) is 18.8. The fourth-order valence-electron chi connectivity index (χ4n) is 4.07. The minimum absolute atomic E-state index is 0.0714. The van der Waals surface area contributed by atoms with E-state index >= 15 is 0 Å². The van der Waals surface area contributed by atoms with Crippen molar-refractivity contribution in [1.82, 2.24) is 4.90 Å². The molecule has 1 atom stereocenters. The molecule has 2 aromatic rings. The smallest absolute Gasteiger partial charge is 0.257 e. The van der Waals surface area contributed by atoms with Gasteiger partial charge < -0.3 is 19.9 Å². The molecular formula is C22H25N3O3. The molecule has 0 radical (unpaired) electrons. The van der Waals surface area contributed by atoms with Crippen molar-refractivity contribution < 1.29 is 14.3 Å². The summed E-state index contributed by atoms with van der Waals surface area (Å²) >= 11 is 0. The molecule has 0 spiro atoms. The molecule has 1 saturated heterocycles. The molecule has 0 bridgehead atoms. The second-order valence-electron chi connectivity index (χ2n) is 7.35. The number of methoxy groups -OCH3 is 1. The molecule has 2 aliphatic heterocycles. The second-order valence-corrected chi connectivity index (χ2v) is 7.35. The van der Waals surface area contributed by atoms with E-state index in [2.05, 4.69) is 10.2 Å². The largest absolute Gasteiger partial charge is 0.497 e. The Hall–Kier alpha value is -3.02. The van der Waals surface area contributed by atoms with Crippen molar-refractivity contribution in [2.24, 2.45) is 0 Å². The fraction of sp³-hybridized carbons (Fsp3) is 0.364. The van der Waals surface area contributed by atoms with Crippen LogP contribution in [-0.4, -0.2) is 43.6 Å². The number of carbonyl (C=O) groups excluding carboxylic acids is 2. The maximum atomic E-state index is 13.0. The number of rotatable bonds is 3. The van der Waals surface area contributed by atoms with Gasteiger partial charge in [-0.05, 0) is 61.7 Å². The highest BCUT2D eigenvalue weighted by molar-refractivity contribution is 6.08. The molecule has 2 amide bonds. The van der Waals surface area contributed by atoms with Crippen molar-refractivity contribution in [3.8, 4) is 5.75 Å². The third kappa shape index (κ3) is 3.30. The maximum Gasteiger partial charge on any atom is 0.257 e. The highest BCUT2D eigenvalue weighted by Gasteiger charge is 2.36. The van der Waals surface area contributed by atoms with Crippen LogP contribution in [0.2, 0.25) is 0 Å². The molecule has 1 N–H and O–H groups in total. The summed E-state index contributed by atoms with van der Waals surface area (Å²) in [5.74, 6) is 0.610. The quantitative estimate of drug-likeness (QED) is 0.883. The topological polar surface area (TPSA) is 61.9 Å². The van der Waals surface area contributed by atoms with Crippen LogP contribution in [0.3, 0.4) is 0 Å². The van der Waals surface area contributed by atoms with E-state index < -0.39 is 0 Å². The third-order valence-corrected chi connectivity index (χ3v) is 5.65. The standard InChI is InChI=1S/C22H25N3O3/c1-24-19-14-15(21(26)23-16-8-10-17(28-2)11-9-16)7-12-18(19)22(27)25-13-5-3-4-6-20(24)25/h7-12,14,20H,3-6,13H2,1-2H3,(H,23,26)/t20-/m1/s1. The Kier molecular flexibility index (Phi) is 4.94. The first-order valence-corrected chi connectivity index (χ1v) is 9.72. The highest BCUT2D eigenvalue weighted by Crippen LogP contribution is 2.34. The van der Waals surface area contributed by atoms with Crippen LogP contribution in [0.4, 0.5) is 11.4 Å². The van der Waals surface area contributed by atoms with Crippen molar-refractivity contribution in [1.29, 1.82) is 0 Å². The van der Waals surface area contributed by atoms with Crippen LogP contribution in [-0.2, 0) is 0 Å². The Morgan fingerprint density at radius 1 is 1.11 bits per heavy atom. The number of hydrogen-bond donors (Lipinski definition) is 1. The van der Waals surface area contributed by atoms with Gasteiger partial charge in [0.05, 0.1) is 18.4 Å². The summed E-state index contributed by atoms with van der Waals surface area (Å²) in [6.07, 6.45) is 4.35. The van der Waals surface area contributed by atoms with Gasteiger partial charge in [-0.25, -0.2) is 0 Å². The number of anilines is 2. The molecule has 2 heterocycles. The van der Waals surface area contributed by atoms with Crippen molar-refractivity contribution in [2.75, 3.05) is 30.9 Å². The third-order valence-electron chi connectivity index (χ3n) is 5.65. The van der Waals surface area contributed by atoms with Gasteiger partial charge in [-0.1, -0.05) is 6.42 Å². The molecule has 0 saturated carbocycles. The summed E-state index contributed by atoms with van der Waals surface area (Å²) in [4.78, 5) is 29.8. The lowest BCUT2D eigenvalue weighted by Crippen LogP contribution is -2.53. The number of hydrogen-bond acceptors (Lipinski definition) is 4. The number of benzene rings is 2. The van der Waals surface area contributed by atoms with Crippen LogP contribution in [0.1, 0.15) is 46.4 Å². The Bertz CT molecular complexity index is 894. The van der Waals surface area contributed by atoms with Crippen molar-refractivity contribution >= 4 is 23.2 Å². The van der Waals surface area contributed by atoms with Gasteiger partial charge >= 0.3 is 0 Å². The first-order valence-electron chi connectivity index (χ1n) is 9.72. The van der Waals surface area contributed by atoms with Gasteiger partial charge in [0.1, 0.15) is 11.9 Å². The van der Waals surface area contributed by atoms with Gasteiger partial charge in [0.25, 0.3) is 11.8 Å². The van der Waals surface area contributed by atoms with Gasteiger partial charge in [0, 0.05) is 24.8 Å². The Morgan fingerprint density at radius 2 is 1.89 bits per heavy atom. The molecule has 2 aromatic carbocycles. The molecule has 6 heteroatoms. The first kappa shape index (κ1) is 18.3. The molecule has 146 valence electrons. The van der Waals surface area contributed by atoms with E-state index in [9.17, 15) is 9.59 Å². The van der Waals surface area contributed by atoms with E-state index in [0.717, 1.165) is 43.7 Å². The average Bonchev–Trinajstić information content (AvgIpc) is 2.98. The number of amides is 2. The minimum Gasteiger partial charge on any atom is -0.497 e. The van der Waals surface area contributed by atoms with Crippen LogP contribution in [0.15, 0.2) is 42.5 Å². The lowest BCUT2D eigenvalue weighted by atomic mass is 10.0. The molecule has 28 heavy (non-hydrogen) atoms. The van der Waals surface area contributed by atoms with E-state index in [-0.39, 0.29) is 18.0 Å². The molecule has 6 nitrogen and oxygen atoms in total. The monoisotopic (exact) mass is 379 g/mol. The summed E-state index contributed by atoms with van der Waals surface area (Å²) in [6, 6.07) is 12.5. The minimum atomic E-state index is -0.197. The Labute approximate surface area is 165 Å².